The van der Waals surface area contributed by atoms with Crippen LogP contribution in [0, 0.1) is 11.8 Å². The fourth-order valence-corrected chi connectivity index (χ4v) is 4.41. The number of benzene rings is 1. The fourth-order valence-electron chi connectivity index (χ4n) is 4.41. The highest BCUT2D eigenvalue weighted by Crippen LogP contribution is 2.48. The van der Waals surface area contributed by atoms with E-state index in [-0.39, 0.29) is 23.7 Å². The third-order valence-electron chi connectivity index (χ3n) is 5.54. The summed E-state index contributed by atoms with van der Waals surface area (Å²) in [5.41, 5.74) is 0.171. The molecule has 1 aromatic heterocycles. The average Bonchev–Trinajstić information content (AvgIpc) is 3.20. The molecule has 1 saturated heterocycles. The van der Waals surface area contributed by atoms with E-state index in [1.54, 1.807) is 29.2 Å². The molecule has 2 fully saturated rings. The summed E-state index contributed by atoms with van der Waals surface area (Å²) in [6.45, 7) is 1.15. The van der Waals surface area contributed by atoms with Crippen molar-refractivity contribution < 1.29 is 18.0 Å². The van der Waals surface area contributed by atoms with E-state index < -0.39 is 11.7 Å². The lowest BCUT2D eigenvalue weighted by molar-refractivity contribution is -0.138. The first-order valence-electron chi connectivity index (χ1n) is 8.66. The zero-order valence-electron chi connectivity index (χ0n) is 14.0. The summed E-state index contributed by atoms with van der Waals surface area (Å²) < 4.78 is 39.8. The van der Waals surface area contributed by atoms with Crippen LogP contribution < -0.4 is 0 Å². The first kappa shape index (κ1) is 17.0. The molecule has 2 aliphatic rings. The number of amides is 1. The second kappa shape index (κ2) is 6.37. The Kier molecular flexibility index (Phi) is 4.17. The molecule has 2 heterocycles. The molecule has 4 nitrogen and oxygen atoms in total. The van der Waals surface area contributed by atoms with Crippen LogP contribution in [-0.4, -0.2) is 34.1 Å². The maximum Gasteiger partial charge on any atom is 0.416 e. The molecule has 0 N–H and O–H groups in total. The summed E-state index contributed by atoms with van der Waals surface area (Å²) >= 11 is 0. The van der Waals surface area contributed by atoms with Gasteiger partial charge in [0.05, 0.1) is 5.56 Å². The van der Waals surface area contributed by atoms with Gasteiger partial charge in [0.15, 0.2) is 5.69 Å². The molecule has 7 heteroatoms. The van der Waals surface area contributed by atoms with Gasteiger partial charge in [-0.15, -0.1) is 5.10 Å². The highest BCUT2D eigenvalue weighted by atomic mass is 19.4. The maximum atomic E-state index is 13.3. The lowest BCUT2D eigenvalue weighted by Crippen LogP contribution is -2.30. The number of halogens is 3. The van der Waals surface area contributed by atoms with Gasteiger partial charge in [-0.25, -0.2) is 0 Å². The lowest BCUT2D eigenvalue weighted by atomic mass is 9.91. The number of aromatic nitrogens is 2. The van der Waals surface area contributed by atoms with Crippen LogP contribution in [0.2, 0.25) is 0 Å². The minimum Gasteiger partial charge on any atom is -0.337 e. The van der Waals surface area contributed by atoms with Crippen LogP contribution in [0.15, 0.2) is 42.6 Å². The number of nitrogens with zero attached hydrogens (tertiary/aromatic N) is 3. The summed E-state index contributed by atoms with van der Waals surface area (Å²) in [6, 6.07) is 9.16. The van der Waals surface area contributed by atoms with Crippen molar-refractivity contribution in [3.63, 3.8) is 0 Å². The molecule has 26 heavy (non-hydrogen) atoms. The smallest absolute Gasteiger partial charge is 0.337 e. The molecule has 1 amide bonds. The monoisotopic (exact) mass is 361 g/mol. The summed E-state index contributed by atoms with van der Waals surface area (Å²) in [5, 5.41) is 7.58. The Morgan fingerprint density at radius 2 is 1.73 bits per heavy atom. The van der Waals surface area contributed by atoms with E-state index in [0.29, 0.717) is 37.2 Å². The van der Waals surface area contributed by atoms with Crippen LogP contribution in [0.3, 0.4) is 0 Å². The second-order valence-corrected chi connectivity index (χ2v) is 7.09. The molecule has 1 aromatic carbocycles. The van der Waals surface area contributed by atoms with E-state index in [2.05, 4.69) is 10.2 Å². The van der Waals surface area contributed by atoms with Crippen molar-refractivity contribution in [2.24, 2.45) is 11.8 Å². The van der Waals surface area contributed by atoms with E-state index in [4.69, 9.17) is 0 Å². The first-order chi connectivity index (χ1) is 12.4. The third kappa shape index (κ3) is 3.06. The van der Waals surface area contributed by atoms with Gasteiger partial charge in [0.25, 0.3) is 5.91 Å². The van der Waals surface area contributed by atoms with Crippen molar-refractivity contribution in [2.75, 3.05) is 13.1 Å². The first-order valence-corrected chi connectivity index (χ1v) is 8.66. The van der Waals surface area contributed by atoms with E-state index in [9.17, 15) is 18.0 Å². The number of hydrogen-bond acceptors (Lipinski definition) is 3. The van der Waals surface area contributed by atoms with E-state index in [1.165, 1.54) is 12.3 Å². The molecule has 1 aliphatic carbocycles. The largest absolute Gasteiger partial charge is 0.416 e. The number of alkyl halides is 3. The molecule has 0 bridgehead atoms. The van der Waals surface area contributed by atoms with Gasteiger partial charge in [-0.05, 0) is 54.4 Å². The van der Waals surface area contributed by atoms with E-state index in [0.717, 1.165) is 6.07 Å². The Labute approximate surface area is 149 Å². The molecule has 2 aromatic rings. The van der Waals surface area contributed by atoms with Gasteiger partial charge >= 0.3 is 6.18 Å². The van der Waals surface area contributed by atoms with Crippen LogP contribution in [0.1, 0.15) is 40.4 Å². The molecule has 2 unspecified atom stereocenters. The van der Waals surface area contributed by atoms with Gasteiger partial charge in [-0.3, -0.25) is 4.79 Å². The molecular weight excluding hydrogens is 343 g/mol. The molecule has 3 atom stereocenters. The molecule has 1 saturated carbocycles. The SMILES string of the molecule is O=C(c1cccnn1)N1CC2CC(c3ccccc3C(F)(F)F)C[C@H]2C1. The Morgan fingerprint density at radius 1 is 1.04 bits per heavy atom. The van der Waals surface area contributed by atoms with Crippen molar-refractivity contribution >= 4 is 5.91 Å². The maximum absolute atomic E-state index is 13.3. The van der Waals surface area contributed by atoms with E-state index in [1.807, 2.05) is 0 Å². The predicted octanol–water partition coefficient (Wildman–Crippen LogP) is 3.76. The van der Waals surface area contributed by atoms with Crippen LogP contribution in [-0.2, 0) is 6.18 Å². The highest BCUT2D eigenvalue weighted by Gasteiger charge is 2.45. The normalized spacial score (nSPS) is 25.3. The van der Waals surface area contributed by atoms with Crippen molar-refractivity contribution in [1.29, 1.82) is 0 Å². The summed E-state index contributed by atoms with van der Waals surface area (Å²) in [4.78, 5) is 14.2. The summed E-state index contributed by atoms with van der Waals surface area (Å²) in [7, 11) is 0. The third-order valence-corrected chi connectivity index (χ3v) is 5.54. The zero-order valence-corrected chi connectivity index (χ0v) is 14.0. The van der Waals surface area contributed by atoms with Gasteiger partial charge in [0.1, 0.15) is 0 Å². The Morgan fingerprint density at radius 3 is 2.35 bits per heavy atom. The van der Waals surface area contributed by atoms with Gasteiger partial charge < -0.3 is 4.90 Å². The summed E-state index contributed by atoms with van der Waals surface area (Å²) in [6.07, 6.45) is -1.45. The van der Waals surface area contributed by atoms with Crippen LogP contribution in [0.4, 0.5) is 13.2 Å². The molecule has 0 spiro atoms. The molecule has 0 radical (unpaired) electrons. The van der Waals surface area contributed by atoms with Crippen LogP contribution >= 0.6 is 0 Å². The number of carbonyl (C=O) groups excluding carboxylic acids is 1. The standard InChI is InChI=1S/C19H18F3N3O/c20-19(21,22)16-5-2-1-4-15(16)12-8-13-10-25(11-14(13)9-12)18(26)17-6-3-7-23-24-17/h1-7,12-14H,8-11H2/t12?,13-,14?/m0/s1. The van der Waals surface area contributed by atoms with Crippen molar-refractivity contribution in [2.45, 2.75) is 24.9 Å². The van der Waals surface area contributed by atoms with Crippen molar-refractivity contribution in [3.05, 3.63) is 59.4 Å². The second-order valence-electron chi connectivity index (χ2n) is 7.09. The number of fused-ring (bicyclic) bond motifs is 1. The molecule has 4 rings (SSSR count). The molecule has 136 valence electrons. The van der Waals surface area contributed by atoms with Crippen LogP contribution in [0.5, 0.6) is 0 Å². The Hall–Kier alpha value is -2.44. The molecule has 1 aliphatic heterocycles. The number of rotatable bonds is 2. The number of hydrogen-bond donors (Lipinski definition) is 0. The Bertz CT molecular complexity index is 795. The Balaban J connectivity index is 1.47. The topological polar surface area (TPSA) is 46.1 Å². The van der Waals surface area contributed by atoms with E-state index >= 15 is 0 Å². The van der Waals surface area contributed by atoms with Gasteiger partial charge in [-0.2, -0.15) is 18.3 Å². The fraction of sp³-hybridized carbons (Fsp3) is 0.421. The zero-order chi connectivity index (χ0) is 18.3. The molecular formula is C19H18F3N3O. The van der Waals surface area contributed by atoms with Gasteiger partial charge in [-0.1, -0.05) is 18.2 Å². The van der Waals surface area contributed by atoms with Crippen LogP contribution in [0.25, 0.3) is 0 Å². The minimum atomic E-state index is -4.33. The predicted molar refractivity (Wildman–Crippen MR) is 88.3 cm³/mol. The van der Waals surface area contributed by atoms with Crippen molar-refractivity contribution in [3.8, 4) is 0 Å². The van der Waals surface area contributed by atoms with Crippen molar-refractivity contribution in [1.82, 2.24) is 15.1 Å². The lowest BCUT2D eigenvalue weighted by Gasteiger charge is -2.21. The minimum absolute atomic E-state index is 0.100. The highest BCUT2D eigenvalue weighted by molar-refractivity contribution is 5.92. The number of likely N-dealkylation sites (tertiary alicyclic amines) is 1. The number of carbonyl (C=O) groups is 1. The quantitative estimate of drug-likeness (QED) is 0.818. The summed E-state index contributed by atoms with van der Waals surface area (Å²) in [5.74, 6) is 0.222. The van der Waals surface area contributed by atoms with Gasteiger partial charge in [0, 0.05) is 19.3 Å². The van der Waals surface area contributed by atoms with Gasteiger partial charge in [0.2, 0.25) is 0 Å². The average molecular weight is 361 g/mol.